The van der Waals surface area contributed by atoms with Gasteiger partial charge in [-0.3, -0.25) is 0 Å². The van der Waals surface area contributed by atoms with E-state index >= 15 is 0 Å². The summed E-state index contributed by atoms with van der Waals surface area (Å²) in [4.78, 5) is 0. The number of benzene rings is 2. The third-order valence-corrected chi connectivity index (χ3v) is 12.5. The molecule has 0 radical (unpaired) electrons. The van der Waals surface area contributed by atoms with Gasteiger partial charge < -0.3 is 0 Å². The summed E-state index contributed by atoms with van der Waals surface area (Å²) < 4.78 is 1.63. The van der Waals surface area contributed by atoms with Crippen molar-refractivity contribution in [2.75, 3.05) is 0 Å². The minimum atomic E-state index is -1.56. The maximum absolute atomic E-state index is 2.53. The summed E-state index contributed by atoms with van der Waals surface area (Å²) in [6, 6.07) is 24.1. The average molecular weight is 461 g/mol. The van der Waals surface area contributed by atoms with E-state index < -0.39 is 16.9 Å². The second-order valence-corrected chi connectivity index (χ2v) is 19.8. The molecule has 0 spiro atoms. The van der Waals surface area contributed by atoms with E-state index in [9.17, 15) is 0 Å². The Kier molecular flexibility index (Phi) is 7.13. The van der Waals surface area contributed by atoms with Crippen LogP contribution in [-0.2, 0) is 0 Å². The Balaban J connectivity index is 2.00. The Bertz CT molecular complexity index is 1140. The third kappa shape index (κ3) is 4.82. The molecule has 0 saturated carbocycles. The van der Waals surface area contributed by atoms with E-state index in [0.717, 1.165) is 6.42 Å². The van der Waals surface area contributed by atoms with Crippen LogP contribution in [-0.4, -0.2) is 34.6 Å². The fourth-order valence-electron chi connectivity index (χ4n) is 5.89. The molecule has 2 aliphatic carbocycles. The average Bonchev–Trinajstić information content (AvgIpc) is 3.17. The van der Waals surface area contributed by atoms with Crippen LogP contribution in [0.25, 0.3) is 0 Å². The van der Waals surface area contributed by atoms with Gasteiger partial charge in [0.1, 0.15) is 0 Å². The van der Waals surface area contributed by atoms with E-state index in [4.69, 9.17) is 0 Å². The first-order valence-corrected chi connectivity index (χ1v) is 17.9. The maximum atomic E-state index is 2.53. The van der Waals surface area contributed by atoms with Gasteiger partial charge in [0.2, 0.25) is 0 Å². The molecule has 0 heterocycles. The summed E-state index contributed by atoms with van der Waals surface area (Å²) in [7, 11) is -2.83. The van der Waals surface area contributed by atoms with E-state index in [1.165, 1.54) is 17.2 Å². The molecular formula is C30H37LiSi2. The molecule has 0 fully saturated rings. The fourth-order valence-corrected chi connectivity index (χ4v) is 11.0. The van der Waals surface area contributed by atoms with Gasteiger partial charge in [0.15, 0.2) is 0 Å². The molecule has 166 valence electrons. The summed E-state index contributed by atoms with van der Waals surface area (Å²) >= 11 is 2.42. The molecule has 0 aromatic heterocycles. The van der Waals surface area contributed by atoms with Gasteiger partial charge in [0.25, 0.3) is 0 Å². The Morgan fingerprint density at radius 1 is 0.848 bits per heavy atom. The van der Waals surface area contributed by atoms with Gasteiger partial charge in [-0.25, -0.2) is 0 Å². The molecule has 0 N–H and O–H groups in total. The van der Waals surface area contributed by atoms with Crippen molar-refractivity contribution in [2.45, 2.75) is 59.8 Å². The van der Waals surface area contributed by atoms with Crippen molar-refractivity contribution in [3.05, 3.63) is 104 Å². The summed E-state index contributed by atoms with van der Waals surface area (Å²) in [6.07, 6.45) is 1.15. The zero-order chi connectivity index (χ0) is 23.9. The van der Waals surface area contributed by atoms with Crippen LogP contribution in [0, 0.1) is 5.92 Å². The zero-order valence-corrected chi connectivity index (χ0v) is 24.0. The quantitative estimate of drug-likeness (QED) is 0.442. The van der Waals surface area contributed by atoms with Crippen LogP contribution < -0.4 is 10.4 Å². The van der Waals surface area contributed by atoms with E-state index in [-0.39, 0.29) is 0 Å². The van der Waals surface area contributed by atoms with Crippen LogP contribution >= 0.6 is 0 Å². The number of allylic oxidation sites excluding steroid dienone is 8. The minimum absolute atomic E-state index is 0.513. The third-order valence-electron chi connectivity index (χ3n) is 7.82. The summed E-state index contributed by atoms with van der Waals surface area (Å²) in [5.41, 5.74) is 9.60. The topological polar surface area (TPSA) is 0 Å². The van der Waals surface area contributed by atoms with E-state index in [0.29, 0.717) is 5.92 Å². The van der Waals surface area contributed by atoms with Gasteiger partial charge in [0, 0.05) is 0 Å². The molecule has 2 aliphatic rings. The van der Waals surface area contributed by atoms with Crippen LogP contribution in [0.15, 0.2) is 104 Å². The first-order valence-electron chi connectivity index (χ1n) is 12.5. The first-order chi connectivity index (χ1) is 15.6. The standard InChI is InChI=1S/C30H37Si2.Li/c1-21-22(2)24(4)29(23(21)3)30-25(20-32(5,6)7)18-19-28(30)31(26-14-10-8-11-15-26)27-16-12-9-13-17-27;/h8-17,23,31H,19-20H2,1-7H3;. The molecule has 0 saturated heterocycles. The van der Waals surface area contributed by atoms with Crippen LogP contribution in [0.1, 0.15) is 34.1 Å². The van der Waals surface area contributed by atoms with Crippen LogP contribution in [0.2, 0.25) is 25.7 Å². The molecule has 0 nitrogen and oxygen atoms in total. The monoisotopic (exact) mass is 460 g/mol. The SMILES string of the molecule is [Li][C]1=C(C[Si](C)(C)C)C(C2=C(C)C(C)=C(C)C2C)=C([SiH](c2ccccc2)c2ccccc2)C1. The van der Waals surface area contributed by atoms with E-state index in [2.05, 4.69) is 126 Å². The number of rotatable bonds is 6. The molecule has 4 rings (SSSR count). The van der Waals surface area contributed by atoms with Crippen molar-refractivity contribution < 1.29 is 0 Å². The van der Waals surface area contributed by atoms with Gasteiger partial charge in [-0.1, -0.05) is 0 Å². The number of hydrogen-bond acceptors (Lipinski definition) is 0. The van der Waals surface area contributed by atoms with Crippen LogP contribution in [0.3, 0.4) is 0 Å². The Morgan fingerprint density at radius 2 is 1.36 bits per heavy atom. The van der Waals surface area contributed by atoms with Crippen LogP contribution in [0.5, 0.6) is 0 Å². The molecule has 3 heteroatoms. The number of hydrogen-bond donors (Lipinski definition) is 0. The molecule has 33 heavy (non-hydrogen) atoms. The van der Waals surface area contributed by atoms with Gasteiger partial charge in [0.05, 0.1) is 0 Å². The molecule has 1 unspecified atom stereocenters. The summed E-state index contributed by atoms with van der Waals surface area (Å²) in [5, 5.41) is 4.84. The van der Waals surface area contributed by atoms with Gasteiger partial charge >= 0.3 is 214 Å². The normalized spacial score (nSPS) is 19.6. The van der Waals surface area contributed by atoms with Crippen molar-refractivity contribution in [2.24, 2.45) is 5.92 Å². The van der Waals surface area contributed by atoms with Crippen LogP contribution in [0.4, 0.5) is 0 Å². The molecule has 0 bridgehead atoms. The van der Waals surface area contributed by atoms with Gasteiger partial charge in [-0.05, 0) is 0 Å². The molecule has 0 aliphatic heterocycles. The van der Waals surface area contributed by atoms with E-state index in [1.807, 2.05) is 0 Å². The van der Waals surface area contributed by atoms with Crippen molar-refractivity contribution in [3.8, 4) is 0 Å². The predicted molar refractivity (Wildman–Crippen MR) is 152 cm³/mol. The zero-order valence-electron chi connectivity index (χ0n) is 21.8. The van der Waals surface area contributed by atoms with Crippen molar-refractivity contribution in [1.82, 2.24) is 0 Å². The van der Waals surface area contributed by atoms with Crippen molar-refractivity contribution in [1.29, 1.82) is 0 Å². The first kappa shape index (κ1) is 24.6. The van der Waals surface area contributed by atoms with Crippen molar-refractivity contribution >= 4 is 45.0 Å². The fraction of sp³-hybridized carbons (Fsp3) is 0.333. The summed E-state index contributed by atoms with van der Waals surface area (Å²) in [5.74, 6) is 0.513. The molecule has 1 atom stereocenters. The van der Waals surface area contributed by atoms with Gasteiger partial charge in [-0.15, -0.1) is 0 Å². The summed E-state index contributed by atoms with van der Waals surface area (Å²) in [6.45, 7) is 17.1. The molecular weight excluding hydrogens is 423 g/mol. The molecule has 2 aromatic rings. The Hall–Kier alpha value is -1.57. The Morgan fingerprint density at radius 3 is 1.79 bits per heavy atom. The molecule has 2 aromatic carbocycles. The Labute approximate surface area is 213 Å². The second kappa shape index (κ2) is 9.59. The molecule has 0 amide bonds. The van der Waals surface area contributed by atoms with Gasteiger partial charge in [-0.2, -0.15) is 0 Å². The second-order valence-electron chi connectivity index (χ2n) is 11.4. The van der Waals surface area contributed by atoms with Crippen molar-refractivity contribution in [3.63, 3.8) is 0 Å². The van der Waals surface area contributed by atoms with E-state index in [1.54, 1.807) is 42.1 Å². The predicted octanol–water partition coefficient (Wildman–Crippen LogP) is 6.33.